The minimum atomic E-state index is 0.0812. The second-order valence-corrected chi connectivity index (χ2v) is 7.78. The first kappa shape index (κ1) is 17.3. The highest BCUT2D eigenvalue weighted by Crippen LogP contribution is 2.27. The van der Waals surface area contributed by atoms with Gasteiger partial charge in [0.2, 0.25) is 0 Å². The first-order chi connectivity index (χ1) is 10.6. The van der Waals surface area contributed by atoms with Crippen LogP contribution in [0.25, 0.3) is 0 Å². The largest absolute Gasteiger partial charge is 0.330 e. The summed E-state index contributed by atoms with van der Waals surface area (Å²) in [6.07, 6.45) is 8.79. The zero-order valence-corrected chi connectivity index (χ0v) is 15.0. The minimum absolute atomic E-state index is 0.0812. The van der Waals surface area contributed by atoms with Crippen LogP contribution in [-0.4, -0.2) is 24.0 Å². The van der Waals surface area contributed by atoms with Crippen molar-refractivity contribution in [3.8, 4) is 0 Å². The number of hydrogen-bond donors (Lipinski definition) is 1. The van der Waals surface area contributed by atoms with E-state index in [1.165, 1.54) is 37.0 Å². The number of nitrogens with one attached hydrogen (secondary N) is 1. The highest BCUT2D eigenvalue weighted by molar-refractivity contribution is 7.10. The monoisotopic (exact) mass is 322 g/mol. The van der Waals surface area contributed by atoms with Crippen LogP contribution in [0, 0.1) is 5.92 Å². The maximum atomic E-state index is 12.7. The average Bonchev–Trinajstić information content (AvgIpc) is 2.97. The molecule has 1 saturated carbocycles. The van der Waals surface area contributed by atoms with Gasteiger partial charge < -0.3 is 10.2 Å². The molecule has 124 valence electrons. The summed E-state index contributed by atoms with van der Waals surface area (Å²) in [6.45, 7) is 4.33. The molecule has 1 aromatic heterocycles. The van der Waals surface area contributed by atoms with E-state index in [1.807, 2.05) is 11.9 Å². The molecule has 3 nitrogen and oxygen atoms in total. The molecule has 22 heavy (non-hydrogen) atoms. The van der Waals surface area contributed by atoms with Gasteiger partial charge in [-0.3, -0.25) is 0 Å². The lowest BCUT2D eigenvalue weighted by Crippen LogP contribution is -2.45. The number of hydrogen-bond acceptors (Lipinski definition) is 2. The van der Waals surface area contributed by atoms with Gasteiger partial charge in [-0.2, -0.15) is 0 Å². The summed E-state index contributed by atoms with van der Waals surface area (Å²) >= 11 is 1.72. The average molecular weight is 323 g/mol. The second-order valence-electron chi connectivity index (χ2n) is 6.80. The minimum Gasteiger partial charge on any atom is -0.330 e. The second kappa shape index (κ2) is 8.56. The van der Waals surface area contributed by atoms with Crippen LogP contribution in [0.15, 0.2) is 17.5 Å². The van der Waals surface area contributed by atoms with E-state index in [0.717, 1.165) is 12.8 Å². The molecule has 0 saturated heterocycles. The van der Waals surface area contributed by atoms with Gasteiger partial charge in [-0.05, 0) is 30.2 Å². The number of amides is 2. The predicted molar refractivity (Wildman–Crippen MR) is 94.3 cm³/mol. The van der Waals surface area contributed by atoms with E-state index in [-0.39, 0.29) is 12.1 Å². The maximum absolute atomic E-state index is 12.7. The van der Waals surface area contributed by atoms with Crippen LogP contribution in [0.5, 0.6) is 0 Å². The quantitative estimate of drug-likeness (QED) is 0.812. The lowest BCUT2D eigenvalue weighted by molar-refractivity contribution is 0.172. The molecule has 0 spiro atoms. The fourth-order valence-corrected chi connectivity index (χ4v) is 4.21. The Morgan fingerprint density at radius 2 is 1.86 bits per heavy atom. The highest BCUT2D eigenvalue weighted by Gasteiger charge is 2.25. The Balaban J connectivity index is 1.96. The molecule has 2 rings (SSSR count). The van der Waals surface area contributed by atoms with Gasteiger partial charge in [-0.15, -0.1) is 11.3 Å². The van der Waals surface area contributed by atoms with E-state index in [1.54, 1.807) is 11.3 Å². The van der Waals surface area contributed by atoms with Gasteiger partial charge in [0.15, 0.2) is 0 Å². The fraction of sp³-hybridized carbons (Fsp3) is 0.722. The van der Waals surface area contributed by atoms with Crippen LogP contribution in [0.4, 0.5) is 4.79 Å². The van der Waals surface area contributed by atoms with Crippen molar-refractivity contribution in [1.29, 1.82) is 0 Å². The van der Waals surface area contributed by atoms with Crippen molar-refractivity contribution in [1.82, 2.24) is 10.2 Å². The Bertz CT molecular complexity index is 436. The summed E-state index contributed by atoms with van der Waals surface area (Å²) < 4.78 is 0. The molecule has 1 aromatic rings. The molecule has 1 aliphatic carbocycles. The van der Waals surface area contributed by atoms with Gasteiger partial charge >= 0.3 is 6.03 Å². The Kier molecular flexibility index (Phi) is 6.74. The molecular formula is C18H30N2OS. The van der Waals surface area contributed by atoms with Crippen LogP contribution in [0.2, 0.25) is 0 Å². The van der Waals surface area contributed by atoms with Crippen LogP contribution in [0.1, 0.15) is 69.7 Å². The van der Waals surface area contributed by atoms with Gasteiger partial charge in [0.1, 0.15) is 0 Å². The van der Waals surface area contributed by atoms with Crippen LogP contribution in [-0.2, 0) is 0 Å². The molecule has 0 aromatic carbocycles. The van der Waals surface area contributed by atoms with E-state index in [9.17, 15) is 4.79 Å². The molecule has 1 fully saturated rings. The fourth-order valence-electron chi connectivity index (χ4n) is 3.26. The lowest BCUT2D eigenvalue weighted by Gasteiger charge is -2.32. The number of carbonyl (C=O) groups excluding carboxylic acids is 1. The number of thiophene rings is 1. The SMILES string of the molecule is CC(C)C(NC(=O)N(C)C1CCCCCCC1)c1cccs1. The topological polar surface area (TPSA) is 32.3 Å². The van der Waals surface area contributed by atoms with E-state index in [0.29, 0.717) is 12.0 Å². The van der Waals surface area contributed by atoms with Gasteiger partial charge in [0, 0.05) is 18.0 Å². The predicted octanol–water partition coefficient (Wildman–Crippen LogP) is 5.20. The number of nitrogens with zero attached hydrogens (tertiary/aromatic N) is 1. The Labute approximate surface area is 139 Å². The van der Waals surface area contributed by atoms with E-state index in [2.05, 4.69) is 36.7 Å². The maximum Gasteiger partial charge on any atom is 0.317 e. The normalized spacial score (nSPS) is 18.5. The van der Waals surface area contributed by atoms with Crippen molar-refractivity contribution in [3.63, 3.8) is 0 Å². The molecule has 4 heteroatoms. The first-order valence-electron chi connectivity index (χ1n) is 8.66. The number of urea groups is 1. The van der Waals surface area contributed by atoms with Gasteiger partial charge in [-0.25, -0.2) is 4.79 Å². The molecular weight excluding hydrogens is 292 g/mol. The third kappa shape index (κ3) is 4.73. The van der Waals surface area contributed by atoms with Crippen molar-refractivity contribution in [3.05, 3.63) is 22.4 Å². The Morgan fingerprint density at radius 1 is 1.23 bits per heavy atom. The first-order valence-corrected chi connectivity index (χ1v) is 9.54. The van der Waals surface area contributed by atoms with Crippen molar-refractivity contribution < 1.29 is 4.79 Å². The summed E-state index contributed by atoms with van der Waals surface area (Å²) in [4.78, 5) is 15.9. The van der Waals surface area contributed by atoms with Crippen molar-refractivity contribution in [2.75, 3.05) is 7.05 Å². The molecule has 1 unspecified atom stereocenters. The van der Waals surface area contributed by atoms with Crippen LogP contribution < -0.4 is 5.32 Å². The van der Waals surface area contributed by atoms with Crippen molar-refractivity contribution in [2.45, 2.75) is 70.9 Å². The Hall–Kier alpha value is -1.03. The summed E-state index contributed by atoms with van der Waals surface area (Å²) in [5.74, 6) is 0.397. The third-order valence-corrected chi connectivity index (χ3v) is 5.69. The molecule has 1 aliphatic rings. The molecule has 0 bridgehead atoms. The molecule has 1 N–H and O–H groups in total. The standard InChI is InChI=1S/C18H30N2OS/c1-14(2)17(16-12-9-13-22-16)19-18(21)20(3)15-10-7-5-4-6-8-11-15/h9,12-15,17H,4-8,10-11H2,1-3H3,(H,19,21). The molecule has 0 aliphatic heterocycles. The van der Waals surface area contributed by atoms with Gasteiger partial charge in [0.05, 0.1) is 6.04 Å². The van der Waals surface area contributed by atoms with E-state index < -0.39 is 0 Å². The zero-order valence-electron chi connectivity index (χ0n) is 14.2. The van der Waals surface area contributed by atoms with Crippen molar-refractivity contribution >= 4 is 17.4 Å². The number of rotatable bonds is 4. The van der Waals surface area contributed by atoms with Gasteiger partial charge in [0.25, 0.3) is 0 Å². The molecule has 2 amide bonds. The molecule has 1 heterocycles. The van der Waals surface area contributed by atoms with E-state index in [4.69, 9.17) is 0 Å². The zero-order chi connectivity index (χ0) is 15.9. The van der Waals surface area contributed by atoms with Crippen molar-refractivity contribution in [2.24, 2.45) is 5.92 Å². The van der Waals surface area contributed by atoms with E-state index >= 15 is 0 Å². The highest BCUT2D eigenvalue weighted by atomic mass is 32.1. The lowest BCUT2D eigenvalue weighted by atomic mass is 9.96. The van der Waals surface area contributed by atoms with Gasteiger partial charge in [-0.1, -0.05) is 52.0 Å². The summed E-state index contributed by atoms with van der Waals surface area (Å²) in [5, 5.41) is 5.33. The summed E-state index contributed by atoms with van der Waals surface area (Å²) in [6, 6.07) is 4.77. The molecule has 1 atom stereocenters. The third-order valence-electron chi connectivity index (χ3n) is 4.74. The van der Waals surface area contributed by atoms with Crippen LogP contribution >= 0.6 is 11.3 Å². The summed E-state index contributed by atoms with van der Waals surface area (Å²) in [7, 11) is 1.97. The smallest absolute Gasteiger partial charge is 0.317 e. The Morgan fingerprint density at radius 3 is 2.41 bits per heavy atom. The molecule has 0 radical (unpaired) electrons. The van der Waals surface area contributed by atoms with Crippen LogP contribution in [0.3, 0.4) is 0 Å². The number of carbonyl (C=O) groups is 1. The summed E-state index contributed by atoms with van der Waals surface area (Å²) in [5.41, 5.74) is 0.